The predicted octanol–water partition coefficient (Wildman–Crippen LogP) is 1.72. The summed E-state index contributed by atoms with van der Waals surface area (Å²) in [5, 5.41) is 11.9. The van der Waals surface area contributed by atoms with Gasteiger partial charge in [0.15, 0.2) is 0 Å². The number of carboxylic acid groups (broad SMARTS) is 1. The summed E-state index contributed by atoms with van der Waals surface area (Å²) < 4.78 is 5.24. The first-order valence-corrected chi connectivity index (χ1v) is 6.87. The van der Waals surface area contributed by atoms with E-state index >= 15 is 0 Å². The molecule has 1 fully saturated rings. The number of amides is 2. The predicted molar refractivity (Wildman–Crippen MR) is 72.3 cm³/mol. The molecule has 0 radical (unpaired) electrons. The number of likely N-dealkylation sites (tertiary alicyclic amines) is 1. The van der Waals surface area contributed by atoms with E-state index in [1.54, 1.807) is 11.2 Å². The Morgan fingerprint density at radius 1 is 1.60 bits per heavy atom. The number of nitrogens with zero attached hydrogens (tertiary/aromatic N) is 1. The number of carbonyl (C=O) groups excluding carboxylic acids is 1. The molecule has 1 aromatic rings. The molecular formula is C14H20N2O4. The van der Waals surface area contributed by atoms with Crippen molar-refractivity contribution < 1.29 is 19.1 Å². The van der Waals surface area contributed by atoms with Gasteiger partial charge in [0.1, 0.15) is 5.76 Å². The maximum atomic E-state index is 12.1. The van der Waals surface area contributed by atoms with Crippen LogP contribution in [-0.2, 0) is 11.2 Å². The van der Waals surface area contributed by atoms with Gasteiger partial charge in [-0.2, -0.15) is 0 Å². The van der Waals surface area contributed by atoms with Crippen LogP contribution in [0.2, 0.25) is 0 Å². The van der Waals surface area contributed by atoms with Crippen molar-refractivity contribution in [3.8, 4) is 0 Å². The van der Waals surface area contributed by atoms with E-state index in [9.17, 15) is 9.59 Å². The fraction of sp³-hybridized carbons (Fsp3) is 0.571. The summed E-state index contributed by atoms with van der Waals surface area (Å²) in [6.07, 6.45) is 3.60. The third-order valence-electron chi connectivity index (χ3n) is 3.52. The average molecular weight is 280 g/mol. The van der Waals surface area contributed by atoms with E-state index in [-0.39, 0.29) is 18.6 Å². The van der Waals surface area contributed by atoms with Gasteiger partial charge in [0, 0.05) is 25.6 Å². The van der Waals surface area contributed by atoms with Crippen molar-refractivity contribution >= 4 is 12.0 Å². The summed E-state index contributed by atoms with van der Waals surface area (Å²) >= 11 is 0. The first kappa shape index (κ1) is 14.4. The molecule has 1 saturated heterocycles. The average Bonchev–Trinajstić information content (AvgIpc) is 2.91. The number of hydrogen-bond donors (Lipinski definition) is 2. The number of aliphatic carboxylic acids is 1. The van der Waals surface area contributed by atoms with Crippen molar-refractivity contribution in [3.63, 3.8) is 0 Å². The highest BCUT2D eigenvalue weighted by Gasteiger charge is 2.28. The first-order valence-electron chi connectivity index (χ1n) is 6.87. The number of hydrogen-bond acceptors (Lipinski definition) is 3. The van der Waals surface area contributed by atoms with Crippen molar-refractivity contribution in [1.82, 2.24) is 10.2 Å². The van der Waals surface area contributed by atoms with Crippen molar-refractivity contribution in [2.24, 2.45) is 5.92 Å². The standard InChI is InChI=1S/C14H20N2O4/c1-10(8-12-5-3-7-20-12)15-14(19)16-6-2-4-11(9-16)13(17)18/h3,5,7,10-11H,2,4,6,8-9H2,1H3,(H,15,19)(H,17,18)/t10?,11-/m1/s1. The van der Waals surface area contributed by atoms with E-state index in [1.165, 1.54) is 0 Å². The minimum Gasteiger partial charge on any atom is -0.481 e. The van der Waals surface area contributed by atoms with Gasteiger partial charge in [0.25, 0.3) is 0 Å². The summed E-state index contributed by atoms with van der Waals surface area (Å²) in [5.74, 6) is -0.458. The summed E-state index contributed by atoms with van der Waals surface area (Å²) in [6.45, 7) is 2.80. The molecule has 0 aromatic carbocycles. The lowest BCUT2D eigenvalue weighted by Gasteiger charge is -2.31. The van der Waals surface area contributed by atoms with Crippen LogP contribution in [-0.4, -0.2) is 41.1 Å². The number of carboxylic acids is 1. The number of urea groups is 1. The molecular weight excluding hydrogens is 260 g/mol. The second-order valence-electron chi connectivity index (χ2n) is 5.26. The van der Waals surface area contributed by atoms with Crippen LogP contribution in [0.4, 0.5) is 4.79 Å². The van der Waals surface area contributed by atoms with Crippen molar-refractivity contribution in [2.75, 3.05) is 13.1 Å². The zero-order valence-electron chi connectivity index (χ0n) is 11.5. The molecule has 6 heteroatoms. The highest BCUT2D eigenvalue weighted by molar-refractivity contribution is 5.76. The minimum atomic E-state index is -0.828. The van der Waals surface area contributed by atoms with Gasteiger partial charge in [-0.15, -0.1) is 0 Å². The van der Waals surface area contributed by atoms with Crippen LogP contribution >= 0.6 is 0 Å². The SMILES string of the molecule is CC(Cc1ccco1)NC(=O)N1CCC[C@@H](C(=O)O)C1. The van der Waals surface area contributed by atoms with Gasteiger partial charge in [0.2, 0.25) is 0 Å². The molecule has 110 valence electrons. The molecule has 1 aliphatic heterocycles. The Bertz CT molecular complexity index is 458. The third-order valence-corrected chi connectivity index (χ3v) is 3.52. The monoisotopic (exact) mass is 280 g/mol. The largest absolute Gasteiger partial charge is 0.481 e. The number of carbonyl (C=O) groups is 2. The molecule has 6 nitrogen and oxygen atoms in total. The smallest absolute Gasteiger partial charge is 0.317 e. The molecule has 0 saturated carbocycles. The van der Waals surface area contributed by atoms with Crippen LogP contribution in [0.5, 0.6) is 0 Å². The molecule has 0 spiro atoms. The second-order valence-corrected chi connectivity index (χ2v) is 5.26. The lowest BCUT2D eigenvalue weighted by atomic mass is 9.99. The second kappa shape index (κ2) is 6.45. The number of piperidine rings is 1. The third kappa shape index (κ3) is 3.76. The van der Waals surface area contributed by atoms with Crippen molar-refractivity contribution in [2.45, 2.75) is 32.2 Å². The number of rotatable bonds is 4. The Morgan fingerprint density at radius 3 is 3.05 bits per heavy atom. The molecule has 1 unspecified atom stereocenters. The van der Waals surface area contributed by atoms with Gasteiger partial charge in [-0.25, -0.2) is 4.79 Å². The Kier molecular flexibility index (Phi) is 4.65. The van der Waals surface area contributed by atoms with Crippen LogP contribution in [0.3, 0.4) is 0 Å². The molecule has 2 N–H and O–H groups in total. The lowest BCUT2D eigenvalue weighted by molar-refractivity contribution is -0.143. The molecule has 20 heavy (non-hydrogen) atoms. The Hall–Kier alpha value is -1.98. The fourth-order valence-corrected chi connectivity index (χ4v) is 2.45. The van der Waals surface area contributed by atoms with E-state index < -0.39 is 11.9 Å². The molecule has 0 bridgehead atoms. The van der Waals surface area contributed by atoms with Gasteiger partial charge in [-0.05, 0) is 31.9 Å². The van der Waals surface area contributed by atoms with Crippen LogP contribution < -0.4 is 5.32 Å². The van der Waals surface area contributed by atoms with Gasteiger partial charge in [0.05, 0.1) is 12.2 Å². The molecule has 2 amide bonds. The molecule has 1 aliphatic rings. The minimum absolute atomic E-state index is 0.0566. The maximum Gasteiger partial charge on any atom is 0.317 e. The Morgan fingerprint density at radius 2 is 2.40 bits per heavy atom. The van der Waals surface area contributed by atoms with E-state index in [4.69, 9.17) is 9.52 Å². The zero-order chi connectivity index (χ0) is 14.5. The first-order chi connectivity index (χ1) is 9.56. The summed E-state index contributed by atoms with van der Waals surface area (Å²) in [7, 11) is 0. The maximum absolute atomic E-state index is 12.1. The van der Waals surface area contributed by atoms with E-state index in [0.717, 1.165) is 12.2 Å². The van der Waals surface area contributed by atoms with Gasteiger partial charge < -0.3 is 19.7 Å². The Balaban J connectivity index is 1.83. The normalized spacial score (nSPS) is 20.4. The summed E-state index contributed by atoms with van der Waals surface area (Å²) in [5.41, 5.74) is 0. The summed E-state index contributed by atoms with van der Waals surface area (Å²) in [6, 6.07) is 3.42. The fourth-order valence-electron chi connectivity index (χ4n) is 2.45. The van der Waals surface area contributed by atoms with E-state index in [2.05, 4.69) is 5.32 Å². The number of furan rings is 1. The lowest BCUT2D eigenvalue weighted by Crippen LogP contribution is -2.49. The van der Waals surface area contributed by atoms with Crippen molar-refractivity contribution in [3.05, 3.63) is 24.2 Å². The highest BCUT2D eigenvalue weighted by Crippen LogP contribution is 2.16. The van der Waals surface area contributed by atoms with Crippen LogP contribution in [0.1, 0.15) is 25.5 Å². The van der Waals surface area contributed by atoms with Gasteiger partial charge in [-0.3, -0.25) is 4.79 Å². The topological polar surface area (TPSA) is 82.8 Å². The van der Waals surface area contributed by atoms with Crippen molar-refractivity contribution in [1.29, 1.82) is 0 Å². The molecule has 2 atom stereocenters. The quantitative estimate of drug-likeness (QED) is 0.879. The molecule has 2 rings (SSSR count). The van der Waals surface area contributed by atoms with Crippen LogP contribution in [0, 0.1) is 5.92 Å². The summed E-state index contributed by atoms with van der Waals surface area (Å²) in [4.78, 5) is 24.7. The molecule has 2 heterocycles. The Labute approximate surface area is 117 Å². The molecule has 0 aliphatic carbocycles. The van der Waals surface area contributed by atoms with Crippen LogP contribution in [0.25, 0.3) is 0 Å². The zero-order valence-corrected chi connectivity index (χ0v) is 11.5. The van der Waals surface area contributed by atoms with Crippen LogP contribution in [0.15, 0.2) is 22.8 Å². The van der Waals surface area contributed by atoms with Gasteiger partial charge >= 0.3 is 12.0 Å². The molecule has 1 aromatic heterocycles. The van der Waals surface area contributed by atoms with E-state index in [0.29, 0.717) is 19.4 Å². The van der Waals surface area contributed by atoms with Gasteiger partial charge in [-0.1, -0.05) is 0 Å². The highest BCUT2D eigenvalue weighted by atomic mass is 16.4. The number of nitrogens with one attached hydrogen (secondary N) is 1. The van der Waals surface area contributed by atoms with E-state index in [1.807, 2.05) is 19.1 Å².